The second-order valence-corrected chi connectivity index (χ2v) is 6.05. The molecule has 3 heteroatoms. The van der Waals surface area contributed by atoms with Crippen LogP contribution in [0.1, 0.15) is 26.3 Å². The van der Waals surface area contributed by atoms with Crippen molar-refractivity contribution in [1.82, 2.24) is 4.90 Å². The molecule has 0 spiro atoms. The van der Waals surface area contributed by atoms with E-state index in [9.17, 15) is 0 Å². The van der Waals surface area contributed by atoms with Crippen molar-refractivity contribution < 1.29 is 4.74 Å². The van der Waals surface area contributed by atoms with E-state index in [4.69, 9.17) is 4.74 Å². The normalized spacial score (nSPS) is 21.3. The van der Waals surface area contributed by atoms with Crippen molar-refractivity contribution in [3.8, 4) is 5.75 Å². The minimum absolute atomic E-state index is 0.0168. The highest BCUT2D eigenvalue weighted by molar-refractivity contribution is 5.58. The number of nitrogens with zero attached hydrogens (tertiary/aromatic N) is 1. The fraction of sp³-hybridized carbons (Fsp3) is 0.600. The summed E-state index contributed by atoms with van der Waals surface area (Å²) < 4.78 is 6.16. The van der Waals surface area contributed by atoms with Crippen LogP contribution in [0, 0.1) is 0 Å². The van der Waals surface area contributed by atoms with Gasteiger partial charge in [0.2, 0.25) is 0 Å². The Morgan fingerprint density at radius 2 is 2.11 bits per heavy atom. The third kappa shape index (κ3) is 2.07. The maximum Gasteiger partial charge on any atom is 0.131 e. The van der Waals surface area contributed by atoms with Gasteiger partial charge in [-0.05, 0) is 38.8 Å². The lowest BCUT2D eigenvalue weighted by Crippen LogP contribution is -2.64. The van der Waals surface area contributed by atoms with Gasteiger partial charge in [-0.3, -0.25) is 4.90 Å². The number of rotatable bonds is 3. The lowest BCUT2D eigenvalue weighted by Gasteiger charge is -2.49. The second kappa shape index (κ2) is 4.16. The van der Waals surface area contributed by atoms with E-state index >= 15 is 0 Å². The van der Waals surface area contributed by atoms with E-state index in [0.717, 1.165) is 31.8 Å². The summed E-state index contributed by atoms with van der Waals surface area (Å²) in [6.45, 7) is 9.77. The molecule has 0 amide bonds. The zero-order valence-electron chi connectivity index (χ0n) is 11.5. The maximum atomic E-state index is 6.16. The van der Waals surface area contributed by atoms with Gasteiger partial charge in [0.05, 0.1) is 0 Å². The van der Waals surface area contributed by atoms with Gasteiger partial charge in [0, 0.05) is 37.4 Å². The topological polar surface area (TPSA) is 24.5 Å². The molecule has 1 saturated heterocycles. The molecule has 0 atom stereocenters. The number of ether oxygens (including phenoxy) is 1. The highest BCUT2D eigenvalue weighted by atomic mass is 16.5. The van der Waals surface area contributed by atoms with Crippen molar-refractivity contribution in [3.63, 3.8) is 0 Å². The Hall–Kier alpha value is -1.22. The molecule has 3 rings (SSSR count). The molecular formula is C15H22N2O. The molecule has 2 aliphatic heterocycles. The summed E-state index contributed by atoms with van der Waals surface area (Å²) in [6.07, 6.45) is 1.13. The Bertz CT molecular complexity index is 450. The fourth-order valence-corrected chi connectivity index (χ4v) is 2.86. The van der Waals surface area contributed by atoms with E-state index in [1.54, 1.807) is 0 Å². The zero-order chi connectivity index (χ0) is 12.8. The third-order valence-corrected chi connectivity index (χ3v) is 3.96. The molecule has 0 bridgehead atoms. The van der Waals surface area contributed by atoms with Crippen molar-refractivity contribution in [2.45, 2.75) is 38.8 Å². The SMILES string of the molecule is CC(C)N1CC(C)(Oc2ccc3c(c2)NCC3)C1. The second-order valence-electron chi connectivity index (χ2n) is 6.05. The summed E-state index contributed by atoms with van der Waals surface area (Å²) in [5.74, 6) is 0.994. The predicted molar refractivity (Wildman–Crippen MR) is 74.4 cm³/mol. The van der Waals surface area contributed by atoms with Gasteiger partial charge in [0.15, 0.2) is 0 Å². The minimum Gasteiger partial charge on any atom is -0.485 e. The summed E-state index contributed by atoms with van der Waals surface area (Å²) in [5, 5.41) is 3.40. The molecule has 1 aromatic carbocycles. The summed E-state index contributed by atoms with van der Waals surface area (Å²) in [6, 6.07) is 7.05. The fourth-order valence-electron chi connectivity index (χ4n) is 2.86. The molecule has 3 nitrogen and oxygen atoms in total. The minimum atomic E-state index is -0.0168. The molecular weight excluding hydrogens is 224 g/mol. The first-order valence-corrected chi connectivity index (χ1v) is 6.86. The standard InChI is InChI=1S/C15H22N2O/c1-11(2)17-9-15(3,10-17)18-13-5-4-12-6-7-16-14(12)8-13/h4-5,8,11,16H,6-7,9-10H2,1-3H3. The van der Waals surface area contributed by atoms with Crippen LogP contribution < -0.4 is 10.1 Å². The van der Waals surface area contributed by atoms with Crippen LogP contribution in [-0.2, 0) is 6.42 Å². The van der Waals surface area contributed by atoms with Gasteiger partial charge >= 0.3 is 0 Å². The number of anilines is 1. The molecule has 0 radical (unpaired) electrons. The van der Waals surface area contributed by atoms with Gasteiger partial charge in [0.1, 0.15) is 11.4 Å². The zero-order valence-corrected chi connectivity index (χ0v) is 11.5. The lowest BCUT2D eigenvalue weighted by atomic mass is 9.94. The molecule has 1 fully saturated rings. The highest BCUT2D eigenvalue weighted by Crippen LogP contribution is 2.32. The van der Waals surface area contributed by atoms with Gasteiger partial charge in [-0.1, -0.05) is 6.07 Å². The van der Waals surface area contributed by atoms with Crippen LogP contribution in [0.4, 0.5) is 5.69 Å². The van der Waals surface area contributed by atoms with E-state index in [2.05, 4.69) is 49.2 Å². The number of nitrogens with one attached hydrogen (secondary N) is 1. The van der Waals surface area contributed by atoms with Gasteiger partial charge < -0.3 is 10.1 Å². The van der Waals surface area contributed by atoms with Crippen molar-refractivity contribution in [2.75, 3.05) is 25.0 Å². The highest BCUT2D eigenvalue weighted by Gasteiger charge is 2.41. The average molecular weight is 246 g/mol. The van der Waals surface area contributed by atoms with E-state index in [1.165, 1.54) is 11.3 Å². The maximum absolute atomic E-state index is 6.16. The molecule has 0 unspecified atom stereocenters. The van der Waals surface area contributed by atoms with Gasteiger partial charge in [-0.25, -0.2) is 0 Å². The smallest absolute Gasteiger partial charge is 0.131 e. The van der Waals surface area contributed by atoms with Crippen LogP contribution in [0.3, 0.4) is 0 Å². The van der Waals surface area contributed by atoms with Crippen LogP contribution in [0.15, 0.2) is 18.2 Å². The molecule has 0 aromatic heterocycles. The Kier molecular flexibility index (Phi) is 2.74. The Labute approximate surface area is 109 Å². The molecule has 2 heterocycles. The molecule has 1 aromatic rings. The number of hydrogen-bond donors (Lipinski definition) is 1. The Morgan fingerprint density at radius 1 is 1.33 bits per heavy atom. The van der Waals surface area contributed by atoms with Crippen LogP contribution in [0.5, 0.6) is 5.75 Å². The first-order chi connectivity index (χ1) is 8.56. The van der Waals surface area contributed by atoms with Crippen molar-refractivity contribution in [3.05, 3.63) is 23.8 Å². The largest absolute Gasteiger partial charge is 0.485 e. The quantitative estimate of drug-likeness (QED) is 0.887. The van der Waals surface area contributed by atoms with E-state index in [-0.39, 0.29) is 5.60 Å². The van der Waals surface area contributed by atoms with E-state index in [1.807, 2.05) is 0 Å². The van der Waals surface area contributed by atoms with Crippen molar-refractivity contribution >= 4 is 5.69 Å². The summed E-state index contributed by atoms with van der Waals surface area (Å²) in [7, 11) is 0. The average Bonchev–Trinajstić information content (AvgIpc) is 2.72. The number of fused-ring (bicyclic) bond motifs is 1. The molecule has 1 N–H and O–H groups in total. The van der Waals surface area contributed by atoms with Crippen LogP contribution in [0.25, 0.3) is 0 Å². The van der Waals surface area contributed by atoms with Gasteiger partial charge in [0.25, 0.3) is 0 Å². The summed E-state index contributed by atoms with van der Waals surface area (Å²) in [5.41, 5.74) is 2.64. The third-order valence-electron chi connectivity index (χ3n) is 3.96. The predicted octanol–water partition coefficient (Wildman–Crippen LogP) is 2.52. The Balaban J connectivity index is 1.67. The number of hydrogen-bond acceptors (Lipinski definition) is 3. The number of likely N-dealkylation sites (tertiary alicyclic amines) is 1. The van der Waals surface area contributed by atoms with E-state index < -0.39 is 0 Å². The van der Waals surface area contributed by atoms with Crippen LogP contribution in [-0.4, -0.2) is 36.2 Å². The lowest BCUT2D eigenvalue weighted by molar-refractivity contribution is -0.0775. The van der Waals surface area contributed by atoms with Crippen LogP contribution >= 0.6 is 0 Å². The molecule has 18 heavy (non-hydrogen) atoms. The first kappa shape index (κ1) is 11.8. The Morgan fingerprint density at radius 3 is 2.83 bits per heavy atom. The summed E-state index contributed by atoms with van der Waals surface area (Å²) >= 11 is 0. The number of benzene rings is 1. The van der Waals surface area contributed by atoms with Gasteiger partial charge in [-0.15, -0.1) is 0 Å². The van der Waals surface area contributed by atoms with Gasteiger partial charge in [-0.2, -0.15) is 0 Å². The first-order valence-electron chi connectivity index (χ1n) is 6.86. The molecule has 0 saturated carbocycles. The molecule has 98 valence electrons. The monoisotopic (exact) mass is 246 g/mol. The molecule has 2 aliphatic rings. The molecule has 0 aliphatic carbocycles. The van der Waals surface area contributed by atoms with E-state index in [0.29, 0.717) is 6.04 Å². The summed E-state index contributed by atoms with van der Waals surface area (Å²) in [4.78, 5) is 2.44. The van der Waals surface area contributed by atoms with Crippen LogP contribution in [0.2, 0.25) is 0 Å². The van der Waals surface area contributed by atoms with Crippen molar-refractivity contribution in [2.24, 2.45) is 0 Å². The van der Waals surface area contributed by atoms with Crippen molar-refractivity contribution in [1.29, 1.82) is 0 Å².